The molecule has 8 heteroatoms. The fraction of sp³-hybridized carbons (Fsp3) is 0.914. The first kappa shape index (κ1) is 31.9. The third-order valence-electron chi connectivity index (χ3n) is 15.3. The van der Waals surface area contributed by atoms with Crippen molar-refractivity contribution in [2.24, 2.45) is 56.7 Å². The van der Waals surface area contributed by atoms with Crippen LogP contribution in [0.2, 0.25) is 0 Å². The van der Waals surface area contributed by atoms with E-state index < -0.39 is 41.4 Å². The van der Waals surface area contributed by atoms with E-state index in [1.54, 1.807) is 0 Å². The number of rotatable bonds is 5. The summed E-state index contributed by atoms with van der Waals surface area (Å²) < 4.78 is 12.0. The fourth-order valence-electron chi connectivity index (χ4n) is 12.8. The van der Waals surface area contributed by atoms with Gasteiger partial charge < -0.3 is 35.0 Å². The highest BCUT2D eigenvalue weighted by molar-refractivity contribution is 5.76. The molecule has 5 unspecified atom stereocenters. The second-order valence-corrected chi connectivity index (χ2v) is 16.7. The highest BCUT2D eigenvalue weighted by Crippen LogP contribution is 2.77. The van der Waals surface area contributed by atoms with Crippen LogP contribution in [0.25, 0.3) is 0 Å². The van der Waals surface area contributed by atoms with Crippen LogP contribution < -0.4 is 0 Å². The molecule has 1 heterocycles. The second kappa shape index (κ2) is 10.5. The lowest BCUT2D eigenvalue weighted by atomic mass is 9.32. The summed E-state index contributed by atoms with van der Waals surface area (Å²) >= 11 is 0. The van der Waals surface area contributed by atoms with Crippen LogP contribution in [0.3, 0.4) is 0 Å². The molecule has 6 fully saturated rings. The zero-order valence-electron chi connectivity index (χ0n) is 26.9. The number of fused-ring (bicyclic) bond motifs is 7. The summed E-state index contributed by atoms with van der Waals surface area (Å²) in [5, 5.41) is 52.4. The minimum Gasteiger partial charge on any atom is -0.481 e. The van der Waals surface area contributed by atoms with Crippen LogP contribution in [0.1, 0.15) is 98.8 Å². The van der Waals surface area contributed by atoms with Crippen molar-refractivity contribution in [1.29, 1.82) is 0 Å². The Bertz CT molecular complexity index is 1130. The van der Waals surface area contributed by atoms with Crippen LogP contribution in [0.15, 0.2) is 12.2 Å². The average Bonchev–Trinajstić information content (AvgIpc) is 3.36. The van der Waals surface area contributed by atoms with Gasteiger partial charge in [0.05, 0.1) is 24.7 Å². The zero-order chi connectivity index (χ0) is 31.3. The quantitative estimate of drug-likeness (QED) is 0.228. The highest BCUT2D eigenvalue weighted by atomic mass is 16.7. The first-order chi connectivity index (χ1) is 20.1. The van der Waals surface area contributed by atoms with E-state index in [1.807, 2.05) is 0 Å². The maximum atomic E-state index is 12.9. The molecule has 5 N–H and O–H groups in total. The van der Waals surface area contributed by atoms with Gasteiger partial charge in [-0.2, -0.15) is 0 Å². The molecule has 8 nitrogen and oxygen atoms in total. The summed E-state index contributed by atoms with van der Waals surface area (Å²) in [5.41, 5.74) is 0.0272. The molecule has 0 amide bonds. The molecule has 0 radical (unpaired) electrons. The Hall–Kier alpha value is -1.03. The molecule has 43 heavy (non-hydrogen) atoms. The molecule has 6 rings (SSSR count). The van der Waals surface area contributed by atoms with Crippen molar-refractivity contribution < 1.29 is 39.8 Å². The molecular formula is C35H56O8. The van der Waals surface area contributed by atoms with Crippen LogP contribution >= 0.6 is 0 Å². The lowest BCUT2D eigenvalue weighted by molar-refractivity contribution is -0.316. The van der Waals surface area contributed by atoms with Crippen molar-refractivity contribution in [2.45, 2.75) is 130 Å². The number of carboxylic acids is 1. The van der Waals surface area contributed by atoms with E-state index >= 15 is 0 Å². The number of aliphatic hydroxyl groups is 4. The first-order valence-electron chi connectivity index (χ1n) is 16.9. The molecule has 0 aromatic heterocycles. The van der Waals surface area contributed by atoms with Gasteiger partial charge >= 0.3 is 5.97 Å². The SMILES string of the molecule is C=C(C)C1CC[C@]2(C(=O)O)CCC3(C)[C@H](CCC4[C@@]5(C)CC[C@H](O[C@@H]6OC[C@H](O)[C@H](O)[C@H]6O)[C@@](C)(CO)C5CC[C@]43C)C12. The van der Waals surface area contributed by atoms with Gasteiger partial charge in [0, 0.05) is 5.41 Å². The summed E-state index contributed by atoms with van der Waals surface area (Å²) in [5.74, 6) is 0.829. The Morgan fingerprint density at radius 1 is 0.884 bits per heavy atom. The molecule has 0 spiro atoms. The summed E-state index contributed by atoms with van der Waals surface area (Å²) in [6, 6.07) is 0. The number of aliphatic carboxylic acids is 1. The van der Waals surface area contributed by atoms with Crippen LogP contribution in [0, 0.1) is 56.7 Å². The van der Waals surface area contributed by atoms with E-state index in [0.29, 0.717) is 18.3 Å². The zero-order valence-corrected chi connectivity index (χ0v) is 26.9. The van der Waals surface area contributed by atoms with Crippen molar-refractivity contribution >= 4 is 5.97 Å². The Kier molecular flexibility index (Phi) is 7.79. The number of aliphatic hydroxyl groups excluding tert-OH is 4. The Labute approximate surface area is 257 Å². The maximum absolute atomic E-state index is 12.9. The molecule has 1 aliphatic heterocycles. The number of carbonyl (C=O) groups is 1. The fourth-order valence-corrected chi connectivity index (χ4v) is 12.8. The maximum Gasteiger partial charge on any atom is 0.309 e. The highest BCUT2D eigenvalue weighted by Gasteiger charge is 2.72. The molecule has 5 aliphatic carbocycles. The smallest absolute Gasteiger partial charge is 0.309 e. The molecule has 1 saturated heterocycles. The normalized spacial score (nSPS) is 56.3. The molecule has 15 atom stereocenters. The Balaban J connectivity index is 1.30. The molecule has 6 aliphatic rings. The van der Waals surface area contributed by atoms with Gasteiger partial charge in [0.25, 0.3) is 0 Å². The summed E-state index contributed by atoms with van der Waals surface area (Å²) in [6.45, 7) is 15.9. The van der Waals surface area contributed by atoms with E-state index in [9.17, 15) is 30.3 Å². The van der Waals surface area contributed by atoms with Crippen LogP contribution in [-0.2, 0) is 14.3 Å². The molecule has 0 aromatic rings. The number of allylic oxidation sites excluding steroid dienone is 1. The predicted molar refractivity (Wildman–Crippen MR) is 161 cm³/mol. The lowest BCUT2D eigenvalue weighted by Gasteiger charge is -2.73. The largest absolute Gasteiger partial charge is 0.481 e. The molecule has 0 bridgehead atoms. The third-order valence-corrected chi connectivity index (χ3v) is 15.3. The van der Waals surface area contributed by atoms with Gasteiger partial charge in [0.15, 0.2) is 6.29 Å². The van der Waals surface area contributed by atoms with Crippen molar-refractivity contribution in [3.63, 3.8) is 0 Å². The number of ether oxygens (including phenoxy) is 2. The van der Waals surface area contributed by atoms with E-state index in [1.165, 1.54) is 0 Å². The monoisotopic (exact) mass is 604 g/mol. The Morgan fingerprint density at radius 2 is 1.60 bits per heavy atom. The van der Waals surface area contributed by atoms with Gasteiger partial charge in [-0.1, -0.05) is 39.8 Å². The first-order valence-corrected chi connectivity index (χ1v) is 16.9. The summed E-state index contributed by atoms with van der Waals surface area (Å²) in [4.78, 5) is 12.9. The molecular weight excluding hydrogens is 548 g/mol. The standard InChI is InChI=1S/C35H56O8/c1-19(2)20-9-14-35(30(40)41)16-15-33(5)21(26(20)35)7-8-24-31(3)12-11-25(43-29-28(39)27(38)22(37)17-42-29)32(4,18-36)23(31)10-13-34(24,33)6/h20-29,36-39H,1,7-18H2,2-6H3,(H,40,41)/t20?,21-,22+,23?,24?,25+,26?,27+,28-,29+,31+,32+,33?,34-,35+/m1/s1. The average molecular weight is 605 g/mol. The van der Waals surface area contributed by atoms with Gasteiger partial charge in [-0.3, -0.25) is 4.79 Å². The van der Waals surface area contributed by atoms with E-state index in [4.69, 9.17) is 9.47 Å². The molecule has 0 aromatic carbocycles. The lowest BCUT2D eigenvalue weighted by Crippen LogP contribution is -2.68. The minimum absolute atomic E-state index is 0.0230. The van der Waals surface area contributed by atoms with Crippen molar-refractivity contribution in [3.8, 4) is 0 Å². The van der Waals surface area contributed by atoms with Gasteiger partial charge in [-0.15, -0.1) is 0 Å². The van der Waals surface area contributed by atoms with E-state index in [-0.39, 0.29) is 53.3 Å². The van der Waals surface area contributed by atoms with Crippen LogP contribution in [-0.4, -0.2) is 75.4 Å². The van der Waals surface area contributed by atoms with Gasteiger partial charge in [0.2, 0.25) is 0 Å². The van der Waals surface area contributed by atoms with Crippen molar-refractivity contribution in [1.82, 2.24) is 0 Å². The van der Waals surface area contributed by atoms with Crippen molar-refractivity contribution in [2.75, 3.05) is 13.2 Å². The van der Waals surface area contributed by atoms with E-state index in [0.717, 1.165) is 63.4 Å². The topological polar surface area (TPSA) is 137 Å². The summed E-state index contributed by atoms with van der Waals surface area (Å²) in [6.07, 6.45) is 3.90. The Morgan fingerprint density at radius 3 is 2.26 bits per heavy atom. The van der Waals surface area contributed by atoms with Crippen LogP contribution in [0.4, 0.5) is 0 Å². The van der Waals surface area contributed by atoms with Crippen molar-refractivity contribution in [3.05, 3.63) is 12.2 Å². The number of carboxylic acid groups (broad SMARTS) is 1. The predicted octanol–water partition coefficient (Wildman–Crippen LogP) is 4.53. The number of hydrogen-bond acceptors (Lipinski definition) is 7. The molecule has 5 saturated carbocycles. The molecule has 244 valence electrons. The van der Waals surface area contributed by atoms with Gasteiger partial charge in [-0.25, -0.2) is 0 Å². The van der Waals surface area contributed by atoms with Gasteiger partial charge in [-0.05, 0) is 117 Å². The van der Waals surface area contributed by atoms with E-state index in [2.05, 4.69) is 41.2 Å². The minimum atomic E-state index is -1.35. The number of hydrogen-bond donors (Lipinski definition) is 5. The second-order valence-electron chi connectivity index (χ2n) is 16.7. The third kappa shape index (κ3) is 4.18. The summed E-state index contributed by atoms with van der Waals surface area (Å²) in [7, 11) is 0. The van der Waals surface area contributed by atoms with Crippen LogP contribution in [0.5, 0.6) is 0 Å². The van der Waals surface area contributed by atoms with Gasteiger partial charge in [0.1, 0.15) is 18.3 Å².